The van der Waals surface area contributed by atoms with Crippen LogP contribution in [0.15, 0.2) is 0 Å². The van der Waals surface area contributed by atoms with E-state index in [4.69, 9.17) is 11.6 Å². The summed E-state index contributed by atoms with van der Waals surface area (Å²) in [6.45, 7) is 6.80. The third kappa shape index (κ3) is 5.55. The molecule has 0 aliphatic heterocycles. The Kier molecular flexibility index (Phi) is 7.15. The predicted octanol–water partition coefficient (Wildman–Crippen LogP) is 4.08. The monoisotopic (exact) mass is 176 g/mol. The van der Waals surface area contributed by atoms with Crippen LogP contribution >= 0.6 is 11.6 Å². The van der Waals surface area contributed by atoms with Gasteiger partial charge in [-0.05, 0) is 18.3 Å². The van der Waals surface area contributed by atoms with E-state index in [9.17, 15) is 0 Å². The van der Waals surface area contributed by atoms with Gasteiger partial charge >= 0.3 is 0 Å². The summed E-state index contributed by atoms with van der Waals surface area (Å²) < 4.78 is 0. The topological polar surface area (TPSA) is 0 Å². The number of hydrogen-bond acceptors (Lipinski definition) is 0. The lowest BCUT2D eigenvalue weighted by atomic mass is 9.95. The first-order valence-corrected chi connectivity index (χ1v) is 5.33. The van der Waals surface area contributed by atoms with Gasteiger partial charge in [-0.15, -0.1) is 11.6 Å². The number of hydrogen-bond donors (Lipinski definition) is 0. The van der Waals surface area contributed by atoms with E-state index in [2.05, 4.69) is 20.8 Å². The lowest BCUT2D eigenvalue weighted by molar-refractivity contribution is 0.418. The van der Waals surface area contributed by atoms with Gasteiger partial charge < -0.3 is 0 Å². The fraction of sp³-hybridized carbons (Fsp3) is 1.00. The molecule has 0 aliphatic rings. The van der Waals surface area contributed by atoms with Crippen molar-refractivity contribution in [2.45, 2.75) is 46.5 Å². The summed E-state index contributed by atoms with van der Waals surface area (Å²) in [6, 6.07) is 0. The Morgan fingerprint density at radius 2 is 1.73 bits per heavy atom. The van der Waals surface area contributed by atoms with Gasteiger partial charge in [-0.2, -0.15) is 0 Å². The van der Waals surface area contributed by atoms with Gasteiger partial charge in [0.15, 0.2) is 0 Å². The fourth-order valence-corrected chi connectivity index (χ4v) is 1.49. The van der Waals surface area contributed by atoms with Crippen molar-refractivity contribution in [1.29, 1.82) is 0 Å². The Hall–Kier alpha value is 0.290. The van der Waals surface area contributed by atoms with Crippen LogP contribution in [0.4, 0.5) is 0 Å². The van der Waals surface area contributed by atoms with Gasteiger partial charge in [0.2, 0.25) is 0 Å². The molecule has 0 aliphatic carbocycles. The fourth-order valence-electron chi connectivity index (χ4n) is 1.11. The quantitative estimate of drug-likeness (QED) is 0.535. The largest absolute Gasteiger partial charge is 0.126 e. The van der Waals surface area contributed by atoms with Crippen LogP contribution in [-0.2, 0) is 0 Å². The van der Waals surface area contributed by atoms with Gasteiger partial charge in [-0.25, -0.2) is 0 Å². The molecule has 0 aromatic heterocycles. The molecule has 0 fully saturated rings. The maximum Gasteiger partial charge on any atom is 0.0251 e. The van der Waals surface area contributed by atoms with Crippen LogP contribution in [0.25, 0.3) is 0 Å². The van der Waals surface area contributed by atoms with Crippen LogP contribution < -0.4 is 0 Å². The highest BCUT2D eigenvalue weighted by Crippen LogP contribution is 2.18. The van der Waals surface area contributed by atoms with E-state index in [0.29, 0.717) is 0 Å². The summed E-state index contributed by atoms with van der Waals surface area (Å²) in [5.74, 6) is 2.48. The Labute approximate surface area is 76.3 Å². The zero-order valence-corrected chi connectivity index (χ0v) is 8.82. The molecule has 0 spiro atoms. The normalized spacial score (nSPS) is 16.4. The van der Waals surface area contributed by atoms with Crippen LogP contribution in [0.2, 0.25) is 0 Å². The zero-order valence-electron chi connectivity index (χ0n) is 8.07. The Morgan fingerprint density at radius 3 is 2.09 bits per heavy atom. The lowest BCUT2D eigenvalue weighted by Gasteiger charge is -2.13. The van der Waals surface area contributed by atoms with E-state index in [1.165, 1.54) is 25.7 Å². The minimum absolute atomic E-state index is 0.755. The van der Waals surface area contributed by atoms with E-state index in [1.807, 2.05) is 0 Å². The first kappa shape index (κ1) is 11.3. The van der Waals surface area contributed by atoms with Crippen LogP contribution in [0, 0.1) is 11.8 Å². The standard InChI is InChI=1S/C10H21Cl/c1-4-9(3)6-7-10(5-2)8-11/h9-10H,4-8H2,1-3H3. The summed E-state index contributed by atoms with van der Waals surface area (Å²) in [4.78, 5) is 0. The van der Waals surface area contributed by atoms with Gasteiger partial charge in [-0.3, -0.25) is 0 Å². The van der Waals surface area contributed by atoms with Gasteiger partial charge in [0.1, 0.15) is 0 Å². The second-order valence-corrected chi connectivity index (χ2v) is 3.83. The Morgan fingerprint density at radius 1 is 1.09 bits per heavy atom. The van der Waals surface area contributed by atoms with Crippen molar-refractivity contribution < 1.29 is 0 Å². The summed E-state index contributed by atoms with van der Waals surface area (Å²) in [6.07, 6.45) is 5.20. The molecule has 0 N–H and O–H groups in total. The SMILES string of the molecule is CCC(C)CCC(CC)CCl. The lowest BCUT2D eigenvalue weighted by Crippen LogP contribution is -2.03. The summed E-state index contributed by atoms with van der Waals surface area (Å²) >= 11 is 5.79. The molecule has 1 heteroatoms. The third-order valence-corrected chi connectivity index (χ3v) is 3.00. The molecule has 0 aromatic carbocycles. The number of rotatable bonds is 6. The van der Waals surface area contributed by atoms with Crippen LogP contribution in [0.1, 0.15) is 46.5 Å². The van der Waals surface area contributed by atoms with E-state index < -0.39 is 0 Å². The molecule has 0 saturated carbocycles. The van der Waals surface area contributed by atoms with Crippen LogP contribution in [0.5, 0.6) is 0 Å². The second-order valence-electron chi connectivity index (χ2n) is 3.52. The molecular weight excluding hydrogens is 156 g/mol. The minimum atomic E-state index is 0.755. The Bertz CT molecular complexity index is 76.9. The summed E-state index contributed by atoms with van der Waals surface area (Å²) in [5.41, 5.74) is 0. The van der Waals surface area contributed by atoms with Crippen LogP contribution in [0.3, 0.4) is 0 Å². The molecule has 0 saturated heterocycles. The highest BCUT2D eigenvalue weighted by molar-refractivity contribution is 6.18. The molecule has 0 amide bonds. The number of alkyl halides is 1. The van der Waals surface area contributed by atoms with Gasteiger partial charge in [0, 0.05) is 5.88 Å². The maximum atomic E-state index is 5.79. The molecule has 11 heavy (non-hydrogen) atoms. The van der Waals surface area contributed by atoms with Gasteiger partial charge in [0.25, 0.3) is 0 Å². The van der Waals surface area contributed by atoms with E-state index >= 15 is 0 Å². The second kappa shape index (κ2) is 6.97. The highest BCUT2D eigenvalue weighted by atomic mass is 35.5. The molecule has 0 heterocycles. The van der Waals surface area contributed by atoms with Crippen molar-refractivity contribution in [1.82, 2.24) is 0 Å². The molecule has 0 nitrogen and oxygen atoms in total. The average Bonchev–Trinajstić information content (AvgIpc) is 2.06. The molecule has 2 unspecified atom stereocenters. The van der Waals surface area contributed by atoms with Crippen molar-refractivity contribution in [3.05, 3.63) is 0 Å². The van der Waals surface area contributed by atoms with Crippen molar-refractivity contribution in [2.75, 3.05) is 5.88 Å². The molecule has 2 atom stereocenters. The minimum Gasteiger partial charge on any atom is -0.126 e. The highest BCUT2D eigenvalue weighted by Gasteiger charge is 2.06. The molecule has 0 bridgehead atoms. The smallest absolute Gasteiger partial charge is 0.0251 e. The first-order chi connectivity index (χ1) is 5.24. The zero-order chi connectivity index (χ0) is 8.69. The third-order valence-electron chi connectivity index (χ3n) is 2.56. The van der Waals surface area contributed by atoms with Crippen molar-refractivity contribution in [3.8, 4) is 0 Å². The molecule has 0 rings (SSSR count). The Balaban J connectivity index is 3.34. The van der Waals surface area contributed by atoms with E-state index in [1.54, 1.807) is 0 Å². The molecule has 0 aromatic rings. The van der Waals surface area contributed by atoms with Crippen molar-refractivity contribution >= 4 is 11.6 Å². The number of halogens is 1. The first-order valence-electron chi connectivity index (χ1n) is 4.80. The molecule has 0 radical (unpaired) electrons. The average molecular weight is 177 g/mol. The van der Waals surface area contributed by atoms with Crippen LogP contribution in [-0.4, -0.2) is 5.88 Å². The van der Waals surface area contributed by atoms with Gasteiger partial charge in [-0.1, -0.05) is 40.0 Å². The van der Waals surface area contributed by atoms with Crippen molar-refractivity contribution in [3.63, 3.8) is 0 Å². The molecule has 68 valence electrons. The summed E-state index contributed by atoms with van der Waals surface area (Å²) in [7, 11) is 0. The van der Waals surface area contributed by atoms with Gasteiger partial charge in [0.05, 0.1) is 0 Å². The summed E-state index contributed by atoms with van der Waals surface area (Å²) in [5, 5.41) is 0. The van der Waals surface area contributed by atoms with E-state index in [-0.39, 0.29) is 0 Å². The van der Waals surface area contributed by atoms with Crippen molar-refractivity contribution in [2.24, 2.45) is 11.8 Å². The maximum absolute atomic E-state index is 5.79. The van der Waals surface area contributed by atoms with E-state index in [0.717, 1.165) is 17.7 Å². The predicted molar refractivity (Wildman–Crippen MR) is 53.2 cm³/mol. The molecular formula is C10H21Cl.